The smallest absolute Gasteiger partial charge is 0.350 e. The molecule has 0 heterocycles. The van der Waals surface area contributed by atoms with Crippen molar-refractivity contribution in [2.75, 3.05) is 14.2 Å². The molecule has 0 radical (unpaired) electrons. The lowest BCUT2D eigenvalue weighted by Crippen LogP contribution is -2.27. The van der Waals surface area contributed by atoms with Gasteiger partial charge >= 0.3 is 5.97 Å². The Morgan fingerprint density at radius 2 is 2.09 bits per heavy atom. The van der Waals surface area contributed by atoms with E-state index in [9.17, 15) is 4.79 Å². The summed E-state index contributed by atoms with van der Waals surface area (Å²) in [5.74, 6) is -0.485. The van der Waals surface area contributed by atoms with Crippen molar-refractivity contribution in [1.82, 2.24) is 0 Å². The van der Waals surface area contributed by atoms with E-state index in [0.717, 1.165) is 0 Å². The minimum atomic E-state index is -0.933. The fraction of sp³-hybridized carbons (Fsp3) is 0.500. The topological polar surface area (TPSA) is 44.8 Å². The van der Waals surface area contributed by atoms with Gasteiger partial charge in [0.2, 0.25) is 9.76 Å². The lowest BCUT2D eigenvalue weighted by atomic mass is 10.7. The summed E-state index contributed by atoms with van der Waals surface area (Å²) in [5.41, 5.74) is 1.61. The van der Waals surface area contributed by atoms with Gasteiger partial charge < -0.3 is 13.9 Å². The van der Waals surface area contributed by atoms with Gasteiger partial charge in [0.15, 0.2) is 0 Å². The van der Waals surface area contributed by atoms with Gasteiger partial charge in [0, 0.05) is 14.2 Å². The van der Waals surface area contributed by atoms with Crippen molar-refractivity contribution in [3.05, 3.63) is 12.3 Å². The van der Waals surface area contributed by atoms with Crippen molar-refractivity contribution in [2.24, 2.45) is 0 Å². The van der Waals surface area contributed by atoms with Gasteiger partial charge in [-0.2, -0.15) is 0 Å². The van der Waals surface area contributed by atoms with E-state index >= 15 is 0 Å². The molecular weight excluding hydrogens is 164 g/mol. The number of rotatable bonds is 5. The molecule has 4 nitrogen and oxygen atoms in total. The van der Waals surface area contributed by atoms with Crippen LogP contribution in [0.5, 0.6) is 0 Å². The third kappa shape index (κ3) is 3.92. The van der Waals surface area contributed by atoms with Crippen LogP contribution in [0.15, 0.2) is 12.3 Å². The minimum absolute atomic E-state index is 0.485. The fourth-order valence-electron chi connectivity index (χ4n) is 0.498. The zero-order valence-electron chi connectivity index (χ0n) is 6.70. The first-order valence-corrected chi connectivity index (χ1v) is 4.48. The summed E-state index contributed by atoms with van der Waals surface area (Å²) >= 11 is 0. The van der Waals surface area contributed by atoms with Crippen LogP contribution in [-0.2, 0) is 18.7 Å². The maximum atomic E-state index is 10.9. The Morgan fingerprint density at radius 3 is 2.45 bits per heavy atom. The van der Waals surface area contributed by atoms with E-state index in [2.05, 4.69) is 16.1 Å². The van der Waals surface area contributed by atoms with Crippen molar-refractivity contribution in [3.63, 3.8) is 0 Å². The predicted octanol–water partition coefficient (Wildman–Crippen LogP) is -0.624. The van der Waals surface area contributed by atoms with Crippen LogP contribution < -0.4 is 0 Å². The molecule has 0 saturated heterocycles. The SMILES string of the molecule is C=C[SiH2]OC(=O)C(OC)OC. The van der Waals surface area contributed by atoms with Crippen molar-refractivity contribution in [2.45, 2.75) is 6.29 Å². The molecule has 0 aromatic rings. The molecule has 0 bridgehead atoms. The summed E-state index contributed by atoms with van der Waals surface area (Å²) < 4.78 is 14.1. The summed E-state index contributed by atoms with van der Waals surface area (Å²) in [6.07, 6.45) is -0.901. The molecule has 0 saturated carbocycles. The standard InChI is InChI=1S/C6H12O4Si/c1-4-11-10-5(7)6(8-2)9-3/h4,6H,1,11H2,2-3H3. The molecule has 0 fully saturated rings. The van der Waals surface area contributed by atoms with E-state index in [4.69, 9.17) is 4.43 Å². The second kappa shape index (κ2) is 6.08. The molecule has 0 N–H and O–H groups in total. The van der Waals surface area contributed by atoms with Crippen molar-refractivity contribution in [1.29, 1.82) is 0 Å². The van der Waals surface area contributed by atoms with Gasteiger partial charge in [0.1, 0.15) is 0 Å². The summed E-state index contributed by atoms with van der Waals surface area (Å²) in [6, 6.07) is 0. The summed E-state index contributed by atoms with van der Waals surface area (Å²) in [6.45, 7) is 3.45. The lowest BCUT2D eigenvalue weighted by Gasteiger charge is -2.11. The number of methoxy groups -OCH3 is 2. The summed E-state index contributed by atoms with van der Waals surface area (Å²) in [7, 11) is 1.83. The number of hydrogen-bond donors (Lipinski definition) is 0. The van der Waals surface area contributed by atoms with Crippen molar-refractivity contribution >= 4 is 15.7 Å². The van der Waals surface area contributed by atoms with Crippen LogP contribution in [0.4, 0.5) is 0 Å². The first-order chi connectivity index (χ1) is 5.26. The van der Waals surface area contributed by atoms with E-state index in [1.165, 1.54) is 14.2 Å². The molecule has 0 rings (SSSR count). The van der Waals surface area contributed by atoms with Crippen molar-refractivity contribution < 1.29 is 18.7 Å². The molecule has 0 unspecified atom stereocenters. The number of carbonyl (C=O) groups is 1. The summed E-state index contributed by atoms with van der Waals surface area (Å²) in [5, 5.41) is 0. The molecule has 0 aromatic heterocycles. The van der Waals surface area contributed by atoms with E-state index in [0.29, 0.717) is 0 Å². The Hall–Kier alpha value is -0.653. The largest absolute Gasteiger partial charge is 0.517 e. The zero-order chi connectivity index (χ0) is 8.69. The highest BCUT2D eigenvalue weighted by Gasteiger charge is 2.16. The van der Waals surface area contributed by atoms with Crippen LogP contribution in [0.3, 0.4) is 0 Å². The van der Waals surface area contributed by atoms with Crippen LogP contribution in [0.2, 0.25) is 0 Å². The third-order valence-electron chi connectivity index (χ3n) is 0.964. The van der Waals surface area contributed by atoms with Gasteiger partial charge in [-0.3, -0.25) is 0 Å². The quantitative estimate of drug-likeness (QED) is 0.413. The Bertz CT molecular complexity index is 133. The zero-order valence-corrected chi connectivity index (χ0v) is 8.12. The number of ether oxygens (including phenoxy) is 2. The molecule has 64 valence electrons. The molecule has 0 aliphatic carbocycles. The van der Waals surface area contributed by atoms with Gasteiger partial charge in [-0.15, -0.1) is 6.58 Å². The Balaban J connectivity index is 3.69. The molecule has 0 spiro atoms. The Morgan fingerprint density at radius 1 is 1.55 bits per heavy atom. The highest BCUT2D eigenvalue weighted by atomic mass is 28.2. The van der Waals surface area contributed by atoms with E-state index in [-0.39, 0.29) is 0 Å². The van der Waals surface area contributed by atoms with Crippen LogP contribution >= 0.6 is 0 Å². The van der Waals surface area contributed by atoms with Crippen LogP contribution in [0.25, 0.3) is 0 Å². The third-order valence-corrected chi connectivity index (χ3v) is 1.65. The molecular formula is C6H12O4Si. The average Bonchev–Trinajstić information content (AvgIpc) is 2.03. The normalized spacial score (nSPS) is 10.8. The molecule has 0 atom stereocenters. The van der Waals surface area contributed by atoms with Crippen LogP contribution in [-0.4, -0.2) is 36.2 Å². The fourth-order valence-corrected chi connectivity index (χ4v) is 0.916. The predicted molar refractivity (Wildman–Crippen MR) is 42.6 cm³/mol. The highest BCUT2D eigenvalue weighted by molar-refractivity contribution is 6.36. The van der Waals surface area contributed by atoms with E-state index in [1.807, 2.05) is 0 Å². The van der Waals surface area contributed by atoms with E-state index in [1.54, 1.807) is 5.70 Å². The van der Waals surface area contributed by atoms with E-state index < -0.39 is 22.0 Å². The maximum absolute atomic E-state index is 10.9. The molecule has 0 aliphatic rings. The lowest BCUT2D eigenvalue weighted by molar-refractivity contribution is -0.173. The maximum Gasteiger partial charge on any atom is 0.350 e. The first kappa shape index (κ1) is 10.3. The van der Waals surface area contributed by atoms with Crippen LogP contribution in [0.1, 0.15) is 0 Å². The molecule has 5 heteroatoms. The van der Waals surface area contributed by atoms with Gasteiger partial charge in [0.25, 0.3) is 6.29 Å². The Labute approximate surface area is 68.1 Å². The average molecular weight is 176 g/mol. The monoisotopic (exact) mass is 176 g/mol. The number of carbonyl (C=O) groups excluding carboxylic acids is 1. The van der Waals surface area contributed by atoms with Crippen LogP contribution in [0, 0.1) is 0 Å². The highest BCUT2D eigenvalue weighted by Crippen LogP contribution is 1.93. The minimum Gasteiger partial charge on any atom is -0.517 e. The molecule has 0 aliphatic heterocycles. The summed E-state index contributed by atoms with van der Waals surface area (Å²) in [4.78, 5) is 10.9. The van der Waals surface area contributed by atoms with Gasteiger partial charge in [-0.1, -0.05) is 5.70 Å². The second-order valence-electron chi connectivity index (χ2n) is 1.72. The molecule has 0 aromatic carbocycles. The van der Waals surface area contributed by atoms with Gasteiger partial charge in [0.05, 0.1) is 0 Å². The second-order valence-corrected chi connectivity index (χ2v) is 2.92. The molecule has 0 amide bonds. The first-order valence-electron chi connectivity index (χ1n) is 3.09. The van der Waals surface area contributed by atoms with Gasteiger partial charge in [-0.25, -0.2) is 4.79 Å². The van der Waals surface area contributed by atoms with Crippen molar-refractivity contribution in [3.8, 4) is 0 Å². The Kier molecular flexibility index (Phi) is 5.72. The molecule has 11 heavy (non-hydrogen) atoms. The number of hydrogen-bond acceptors (Lipinski definition) is 4. The van der Waals surface area contributed by atoms with Gasteiger partial charge in [-0.05, 0) is 0 Å².